The Morgan fingerprint density at radius 3 is 2.55 bits per heavy atom. The van der Waals surface area contributed by atoms with Gasteiger partial charge < -0.3 is 14.6 Å². The molecule has 0 radical (unpaired) electrons. The number of rotatable bonds is 5. The molecule has 164 valence electrons. The molecule has 0 atom stereocenters. The van der Waals surface area contributed by atoms with Crippen LogP contribution < -0.4 is 10.2 Å². The fraction of sp³-hybridized carbons (Fsp3) is 0.364. The smallest absolute Gasteiger partial charge is 0.257 e. The molecule has 9 heteroatoms. The van der Waals surface area contributed by atoms with Crippen molar-refractivity contribution in [3.8, 4) is 0 Å². The molecule has 8 nitrogen and oxygen atoms in total. The molecule has 1 aromatic heterocycles. The van der Waals surface area contributed by atoms with Crippen molar-refractivity contribution in [2.45, 2.75) is 31.1 Å². The number of carbonyl (C=O) groups excluding carboxylic acids is 1. The zero-order valence-corrected chi connectivity index (χ0v) is 18.7. The molecule has 1 fully saturated rings. The first-order valence-corrected chi connectivity index (χ1v) is 11.7. The Hall–Kier alpha value is -2.91. The topological polar surface area (TPSA) is 95.7 Å². The van der Waals surface area contributed by atoms with E-state index in [4.69, 9.17) is 4.42 Å². The Morgan fingerprint density at radius 2 is 1.84 bits per heavy atom. The van der Waals surface area contributed by atoms with E-state index >= 15 is 0 Å². The zero-order chi connectivity index (χ0) is 22.2. The summed E-state index contributed by atoms with van der Waals surface area (Å²) in [4.78, 5) is 19.8. The van der Waals surface area contributed by atoms with E-state index in [9.17, 15) is 13.2 Å². The van der Waals surface area contributed by atoms with E-state index in [1.54, 1.807) is 37.3 Å². The number of nitrogens with one attached hydrogen (secondary N) is 1. The van der Waals surface area contributed by atoms with Gasteiger partial charge in [0.25, 0.3) is 5.91 Å². The monoisotopic (exact) mass is 442 g/mol. The average Bonchev–Trinajstić information content (AvgIpc) is 3.13. The fourth-order valence-electron chi connectivity index (χ4n) is 3.80. The van der Waals surface area contributed by atoms with Gasteiger partial charge >= 0.3 is 0 Å². The Labute approximate surface area is 181 Å². The number of aromatic nitrogens is 1. The van der Waals surface area contributed by atoms with E-state index in [1.807, 2.05) is 0 Å². The van der Waals surface area contributed by atoms with E-state index in [-0.39, 0.29) is 10.8 Å². The average molecular weight is 443 g/mol. The maximum absolute atomic E-state index is 13.3. The minimum absolute atomic E-state index is 0.0889. The molecule has 1 saturated heterocycles. The standard InChI is InChI=1S/C22H26N4O4S/c1-15-23-19-13-16(7-10-21(19)30-15)24-22(27)18-14-17(31(28,29)25(2)3)8-9-20(18)26-11-5-4-6-12-26/h7-10,13-14H,4-6,11-12H2,1-3H3,(H,24,27). The van der Waals surface area contributed by atoms with Gasteiger partial charge in [-0.15, -0.1) is 0 Å². The predicted octanol–water partition coefficient (Wildman–Crippen LogP) is 3.63. The molecule has 0 spiro atoms. The molecule has 0 saturated carbocycles. The fourth-order valence-corrected chi connectivity index (χ4v) is 4.73. The van der Waals surface area contributed by atoms with Crippen LogP contribution in [0, 0.1) is 6.92 Å². The minimum atomic E-state index is -3.67. The summed E-state index contributed by atoms with van der Waals surface area (Å²) in [5.41, 5.74) is 2.94. The second-order valence-corrected chi connectivity index (χ2v) is 10.0. The third-order valence-corrected chi connectivity index (χ3v) is 7.25. The quantitative estimate of drug-likeness (QED) is 0.648. The number of oxazole rings is 1. The van der Waals surface area contributed by atoms with Gasteiger partial charge in [0.1, 0.15) is 5.52 Å². The number of amides is 1. The molecule has 0 unspecified atom stereocenters. The van der Waals surface area contributed by atoms with E-state index in [0.717, 1.165) is 42.3 Å². The second-order valence-electron chi connectivity index (χ2n) is 7.88. The number of fused-ring (bicyclic) bond motifs is 1. The van der Waals surface area contributed by atoms with Crippen LogP contribution in [0.5, 0.6) is 0 Å². The first-order valence-electron chi connectivity index (χ1n) is 10.3. The number of nitrogens with zero attached hydrogens (tertiary/aromatic N) is 3. The zero-order valence-electron chi connectivity index (χ0n) is 17.9. The van der Waals surface area contributed by atoms with Crippen molar-refractivity contribution in [3.63, 3.8) is 0 Å². The highest BCUT2D eigenvalue weighted by molar-refractivity contribution is 7.89. The van der Waals surface area contributed by atoms with Gasteiger partial charge in [-0.1, -0.05) is 0 Å². The molecule has 2 heterocycles. The number of benzene rings is 2. The summed E-state index contributed by atoms with van der Waals surface area (Å²) in [6, 6.07) is 10.0. The van der Waals surface area contributed by atoms with Crippen LogP contribution in [-0.4, -0.2) is 50.8 Å². The number of anilines is 2. The molecule has 3 aromatic rings. The lowest BCUT2D eigenvalue weighted by molar-refractivity contribution is 0.102. The van der Waals surface area contributed by atoms with Crippen molar-refractivity contribution in [1.29, 1.82) is 0 Å². The molecule has 1 N–H and O–H groups in total. The van der Waals surface area contributed by atoms with E-state index < -0.39 is 10.0 Å². The van der Waals surface area contributed by atoms with Crippen LogP contribution in [0.1, 0.15) is 35.5 Å². The lowest BCUT2D eigenvalue weighted by Crippen LogP contribution is -2.32. The third kappa shape index (κ3) is 4.28. The number of carbonyl (C=O) groups is 1. The first kappa shape index (κ1) is 21.3. The summed E-state index contributed by atoms with van der Waals surface area (Å²) in [7, 11) is -0.717. The summed E-state index contributed by atoms with van der Waals surface area (Å²) in [6.45, 7) is 3.44. The molecule has 0 bridgehead atoms. The van der Waals surface area contributed by atoms with Crippen molar-refractivity contribution < 1.29 is 17.6 Å². The summed E-state index contributed by atoms with van der Waals surface area (Å²) < 4.78 is 32.0. The molecule has 1 aliphatic heterocycles. The molecular formula is C22H26N4O4S. The molecule has 2 aromatic carbocycles. The van der Waals surface area contributed by atoms with E-state index in [1.165, 1.54) is 20.2 Å². The number of sulfonamides is 1. The highest BCUT2D eigenvalue weighted by Crippen LogP contribution is 2.29. The van der Waals surface area contributed by atoms with Crippen molar-refractivity contribution >= 4 is 38.4 Å². The van der Waals surface area contributed by atoms with Gasteiger partial charge in [0.2, 0.25) is 10.0 Å². The van der Waals surface area contributed by atoms with Gasteiger partial charge in [0.15, 0.2) is 11.5 Å². The van der Waals surface area contributed by atoms with Gasteiger partial charge in [-0.25, -0.2) is 17.7 Å². The molecular weight excluding hydrogens is 416 g/mol. The Balaban J connectivity index is 1.72. The number of hydrogen-bond acceptors (Lipinski definition) is 6. The molecule has 31 heavy (non-hydrogen) atoms. The van der Waals surface area contributed by atoms with Crippen molar-refractivity contribution in [3.05, 3.63) is 47.9 Å². The Morgan fingerprint density at radius 1 is 1.10 bits per heavy atom. The summed E-state index contributed by atoms with van der Waals surface area (Å²) >= 11 is 0. The third-order valence-electron chi connectivity index (χ3n) is 5.44. The van der Waals surface area contributed by atoms with Gasteiger partial charge in [-0.05, 0) is 55.7 Å². The second kappa shape index (κ2) is 8.32. The molecule has 0 aliphatic carbocycles. The Bertz CT molecular complexity index is 1230. The SMILES string of the molecule is Cc1nc2cc(NC(=O)c3cc(S(=O)(=O)N(C)C)ccc3N3CCCCC3)ccc2o1. The van der Waals surface area contributed by atoms with Crippen LogP contribution >= 0.6 is 0 Å². The molecule has 4 rings (SSSR count). The van der Waals surface area contributed by atoms with Crippen molar-refractivity contribution in [1.82, 2.24) is 9.29 Å². The minimum Gasteiger partial charge on any atom is -0.441 e. The number of hydrogen-bond donors (Lipinski definition) is 1. The predicted molar refractivity (Wildman–Crippen MR) is 120 cm³/mol. The van der Waals surface area contributed by atoms with Gasteiger partial charge in [-0.2, -0.15) is 0 Å². The lowest BCUT2D eigenvalue weighted by Gasteiger charge is -2.30. The maximum atomic E-state index is 13.3. The van der Waals surface area contributed by atoms with Crippen molar-refractivity contribution in [2.75, 3.05) is 37.4 Å². The van der Waals surface area contributed by atoms with Crippen LogP contribution in [0.4, 0.5) is 11.4 Å². The van der Waals surface area contributed by atoms with Crippen LogP contribution in [0.3, 0.4) is 0 Å². The summed E-state index contributed by atoms with van der Waals surface area (Å²) in [5.74, 6) is 0.184. The van der Waals surface area contributed by atoms with Crippen LogP contribution in [0.25, 0.3) is 11.1 Å². The lowest BCUT2D eigenvalue weighted by atomic mass is 10.1. The van der Waals surface area contributed by atoms with Crippen LogP contribution in [0.2, 0.25) is 0 Å². The molecule has 1 amide bonds. The highest BCUT2D eigenvalue weighted by atomic mass is 32.2. The van der Waals surface area contributed by atoms with Crippen LogP contribution in [0.15, 0.2) is 45.7 Å². The van der Waals surface area contributed by atoms with E-state index in [2.05, 4.69) is 15.2 Å². The van der Waals surface area contributed by atoms with Gasteiger partial charge in [0, 0.05) is 45.5 Å². The number of piperidine rings is 1. The maximum Gasteiger partial charge on any atom is 0.257 e. The summed E-state index contributed by atoms with van der Waals surface area (Å²) in [6.07, 6.45) is 3.24. The van der Waals surface area contributed by atoms with Crippen molar-refractivity contribution in [2.24, 2.45) is 0 Å². The van der Waals surface area contributed by atoms with E-state index in [0.29, 0.717) is 28.2 Å². The summed E-state index contributed by atoms with van der Waals surface area (Å²) in [5, 5.41) is 2.89. The number of aryl methyl sites for hydroxylation is 1. The van der Waals surface area contributed by atoms with Gasteiger partial charge in [0.05, 0.1) is 10.5 Å². The van der Waals surface area contributed by atoms with Crippen LogP contribution in [-0.2, 0) is 10.0 Å². The molecule has 1 aliphatic rings. The normalized spacial score (nSPS) is 14.9. The Kier molecular flexibility index (Phi) is 5.72. The highest BCUT2D eigenvalue weighted by Gasteiger charge is 2.24. The van der Waals surface area contributed by atoms with Gasteiger partial charge in [-0.3, -0.25) is 4.79 Å². The first-order chi connectivity index (χ1) is 14.8. The largest absolute Gasteiger partial charge is 0.441 e.